The summed E-state index contributed by atoms with van der Waals surface area (Å²) in [6.07, 6.45) is 1.78. The topological polar surface area (TPSA) is 79.8 Å². The predicted molar refractivity (Wildman–Crippen MR) is 124 cm³/mol. The smallest absolute Gasteiger partial charge is 0.191 e. The van der Waals surface area contributed by atoms with Crippen molar-refractivity contribution < 1.29 is 13.2 Å². The molecule has 0 bridgehead atoms. The monoisotopic (exact) mass is 511 g/mol. The molecule has 0 amide bonds. The molecule has 0 fully saturated rings. The molecule has 2 N–H and O–H groups in total. The van der Waals surface area contributed by atoms with Gasteiger partial charge in [0, 0.05) is 31.5 Å². The first-order valence-corrected chi connectivity index (χ1v) is 10.9. The predicted octanol–water partition coefficient (Wildman–Crippen LogP) is 3.28. The van der Waals surface area contributed by atoms with E-state index < -0.39 is 9.84 Å². The van der Waals surface area contributed by atoms with Crippen LogP contribution in [0.25, 0.3) is 0 Å². The summed E-state index contributed by atoms with van der Waals surface area (Å²) < 4.78 is 28.7. The van der Waals surface area contributed by atoms with Crippen molar-refractivity contribution >= 4 is 39.8 Å². The van der Waals surface area contributed by atoms with E-state index in [-0.39, 0.29) is 41.4 Å². The average molecular weight is 511 g/mol. The van der Waals surface area contributed by atoms with Gasteiger partial charge < -0.3 is 15.4 Å². The molecule has 0 radical (unpaired) electrons. The molecular formula is C19H34IN3O3S. The van der Waals surface area contributed by atoms with Crippen LogP contribution in [0.4, 0.5) is 0 Å². The van der Waals surface area contributed by atoms with E-state index in [2.05, 4.69) is 21.7 Å². The number of aryl methyl sites for hydroxylation is 1. The van der Waals surface area contributed by atoms with Crippen molar-refractivity contribution in [3.63, 3.8) is 0 Å². The summed E-state index contributed by atoms with van der Waals surface area (Å²) in [6.45, 7) is 10.6. The lowest BCUT2D eigenvalue weighted by atomic mass is 10.1. The van der Waals surface area contributed by atoms with Gasteiger partial charge in [-0.3, -0.25) is 4.99 Å². The minimum Gasteiger partial charge on any atom is -0.488 e. The van der Waals surface area contributed by atoms with Crippen LogP contribution in [0, 0.1) is 6.92 Å². The van der Waals surface area contributed by atoms with Crippen molar-refractivity contribution in [1.29, 1.82) is 0 Å². The Hall–Kier alpha value is -1.03. The van der Waals surface area contributed by atoms with Crippen molar-refractivity contribution in [1.82, 2.24) is 10.6 Å². The number of halogens is 1. The summed E-state index contributed by atoms with van der Waals surface area (Å²) in [4.78, 5) is 4.21. The van der Waals surface area contributed by atoms with Crippen LogP contribution in [-0.4, -0.2) is 45.1 Å². The fourth-order valence-electron chi connectivity index (χ4n) is 2.30. The SMILES string of the molecule is CN=C(NCc1ccc(C)cc1OC(C)(C)C)NC(C)CCS(C)(=O)=O.I. The van der Waals surface area contributed by atoms with E-state index in [9.17, 15) is 8.42 Å². The van der Waals surface area contributed by atoms with Gasteiger partial charge in [-0.15, -0.1) is 24.0 Å². The van der Waals surface area contributed by atoms with Crippen LogP contribution < -0.4 is 15.4 Å². The second kappa shape index (κ2) is 11.1. The first-order chi connectivity index (χ1) is 11.9. The van der Waals surface area contributed by atoms with Crippen LogP contribution in [0.2, 0.25) is 0 Å². The Kier molecular flexibility index (Phi) is 10.7. The Bertz CT molecular complexity index is 728. The molecule has 0 aliphatic carbocycles. The fourth-order valence-corrected chi connectivity index (χ4v) is 3.08. The Labute approximate surface area is 181 Å². The van der Waals surface area contributed by atoms with Gasteiger partial charge in [0.25, 0.3) is 0 Å². The highest BCUT2D eigenvalue weighted by atomic mass is 127. The molecule has 156 valence electrons. The summed E-state index contributed by atoms with van der Waals surface area (Å²) >= 11 is 0. The van der Waals surface area contributed by atoms with E-state index in [0.29, 0.717) is 18.9 Å². The maximum Gasteiger partial charge on any atom is 0.191 e. The maximum absolute atomic E-state index is 11.3. The van der Waals surface area contributed by atoms with Crippen molar-refractivity contribution in [3.8, 4) is 5.75 Å². The minimum atomic E-state index is -2.96. The van der Waals surface area contributed by atoms with Crippen molar-refractivity contribution in [2.24, 2.45) is 4.99 Å². The molecule has 6 nitrogen and oxygen atoms in total. The lowest BCUT2D eigenvalue weighted by Crippen LogP contribution is -2.42. The Morgan fingerprint density at radius 1 is 1.30 bits per heavy atom. The fraction of sp³-hybridized carbons (Fsp3) is 0.632. The van der Waals surface area contributed by atoms with Gasteiger partial charge in [0.15, 0.2) is 5.96 Å². The molecule has 1 aromatic rings. The van der Waals surface area contributed by atoms with Gasteiger partial charge in [-0.05, 0) is 52.7 Å². The second-order valence-electron chi connectivity index (χ2n) is 7.72. The largest absolute Gasteiger partial charge is 0.488 e. The number of nitrogens with zero attached hydrogens (tertiary/aromatic N) is 1. The maximum atomic E-state index is 11.3. The van der Waals surface area contributed by atoms with Gasteiger partial charge >= 0.3 is 0 Å². The molecule has 1 unspecified atom stereocenters. The lowest BCUT2D eigenvalue weighted by molar-refractivity contribution is 0.129. The molecule has 0 aliphatic rings. The molecule has 0 aliphatic heterocycles. The van der Waals surface area contributed by atoms with E-state index in [0.717, 1.165) is 16.9 Å². The van der Waals surface area contributed by atoms with Crippen LogP contribution in [0.15, 0.2) is 23.2 Å². The zero-order chi connectivity index (χ0) is 20.0. The normalized spacial score (nSPS) is 13.5. The number of aliphatic imine (C=N–C) groups is 1. The first kappa shape index (κ1) is 26.0. The molecule has 1 aromatic carbocycles. The number of ether oxygens (including phenoxy) is 1. The van der Waals surface area contributed by atoms with Crippen LogP contribution in [0.5, 0.6) is 5.75 Å². The van der Waals surface area contributed by atoms with E-state index in [1.807, 2.05) is 46.8 Å². The van der Waals surface area contributed by atoms with Gasteiger partial charge in [-0.1, -0.05) is 12.1 Å². The van der Waals surface area contributed by atoms with Gasteiger partial charge in [0.1, 0.15) is 21.2 Å². The van der Waals surface area contributed by atoms with Crippen LogP contribution in [0.3, 0.4) is 0 Å². The highest BCUT2D eigenvalue weighted by Gasteiger charge is 2.15. The average Bonchev–Trinajstić information content (AvgIpc) is 2.48. The molecular weight excluding hydrogens is 477 g/mol. The number of hydrogen-bond donors (Lipinski definition) is 2. The zero-order valence-corrected chi connectivity index (χ0v) is 20.6. The number of guanidine groups is 1. The van der Waals surface area contributed by atoms with Crippen molar-refractivity contribution in [2.45, 2.75) is 59.2 Å². The molecule has 27 heavy (non-hydrogen) atoms. The molecule has 0 spiro atoms. The lowest BCUT2D eigenvalue weighted by Gasteiger charge is -2.24. The number of hydrogen-bond acceptors (Lipinski definition) is 4. The Morgan fingerprint density at radius 3 is 2.44 bits per heavy atom. The number of benzene rings is 1. The molecule has 0 heterocycles. The van der Waals surface area contributed by atoms with Crippen LogP contribution >= 0.6 is 24.0 Å². The molecule has 0 aromatic heterocycles. The third kappa shape index (κ3) is 11.4. The summed E-state index contributed by atoms with van der Waals surface area (Å²) in [5.41, 5.74) is 1.91. The molecule has 1 rings (SSSR count). The van der Waals surface area contributed by atoms with E-state index in [1.165, 1.54) is 6.26 Å². The van der Waals surface area contributed by atoms with Crippen molar-refractivity contribution in [2.75, 3.05) is 19.1 Å². The highest BCUT2D eigenvalue weighted by Crippen LogP contribution is 2.24. The molecule has 8 heteroatoms. The van der Waals surface area contributed by atoms with Gasteiger partial charge in [-0.2, -0.15) is 0 Å². The minimum absolute atomic E-state index is 0. The molecule has 0 saturated heterocycles. The number of rotatable bonds is 7. The number of nitrogens with one attached hydrogen (secondary N) is 2. The highest BCUT2D eigenvalue weighted by molar-refractivity contribution is 14.0. The van der Waals surface area contributed by atoms with E-state index >= 15 is 0 Å². The summed E-state index contributed by atoms with van der Waals surface area (Å²) in [5.74, 6) is 1.64. The standard InChI is InChI=1S/C19H33N3O3S.HI/c1-14-8-9-16(17(12-14)25-19(3,4)5)13-21-18(20-6)22-15(2)10-11-26(7,23)24;/h8-9,12,15H,10-11,13H2,1-7H3,(H2,20,21,22);1H. The first-order valence-electron chi connectivity index (χ1n) is 8.83. The van der Waals surface area contributed by atoms with Crippen LogP contribution in [0.1, 0.15) is 45.2 Å². The summed E-state index contributed by atoms with van der Waals surface area (Å²) in [6, 6.07) is 6.13. The quantitative estimate of drug-likeness (QED) is 0.334. The van der Waals surface area contributed by atoms with Gasteiger partial charge in [0.2, 0.25) is 0 Å². The van der Waals surface area contributed by atoms with Gasteiger partial charge in [0.05, 0.1) is 5.75 Å². The summed E-state index contributed by atoms with van der Waals surface area (Å²) in [7, 11) is -1.27. The molecule has 1 atom stereocenters. The Balaban J connectivity index is 0.00000676. The van der Waals surface area contributed by atoms with Gasteiger partial charge in [-0.25, -0.2) is 8.42 Å². The Morgan fingerprint density at radius 2 is 1.93 bits per heavy atom. The van der Waals surface area contributed by atoms with Crippen LogP contribution in [-0.2, 0) is 16.4 Å². The summed E-state index contributed by atoms with van der Waals surface area (Å²) in [5, 5.41) is 6.49. The van der Waals surface area contributed by atoms with E-state index in [1.54, 1.807) is 7.05 Å². The zero-order valence-electron chi connectivity index (χ0n) is 17.4. The molecule has 0 saturated carbocycles. The third-order valence-electron chi connectivity index (χ3n) is 3.61. The third-order valence-corrected chi connectivity index (χ3v) is 4.59. The van der Waals surface area contributed by atoms with E-state index in [4.69, 9.17) is 4.74 Å². The second-order valence-corrected chi connectivity index (χ2v) is 9.98. The van der Waals surface area contributed by atoms with Crippen molar-refractivity contribution in [3.05, 3.63) is 29.3 Å². The number of sulfone groups is 1.